The molecule has 1 fully saturated rings. The van der Waals surface area contributed by atoms with Gasteiger partial charge in [-0.05, 0) is 48.4 Å². The zero-order chi connectivity index (χ0) is 17.9. The number of allylic oxidation sites excluding steroid dienone is 1. The van der Waals surface area contributed by atoms with Gasteiger partial charge in [-0.15, -0.1) is 0 Å². The van der Waals surface area contributed by atoms with Crippen molar-refractivity contribution >= 4 is 11.7 Å². The summed E-state index contributed by atoms with van der Waals surface area (Å²) in [6, 6.07) is 7.23. The molecule has 0 aliphatic carbocycles. The number of benzene rings is 1. The number of fused-ring (bicyclic) bond motifs is 1. The third-order valence-electron chi connectivity index (χ3n) is 5.36. The number of hydrogen-bond acceptors (Lipinski definition) is 5. The molecule has 0 saturated carbocycles. The number of aliphatic imine (C=N–C) groups is 1. The molecule has 1 aromatic carbocycles. The molecule has 136 valence electrons. The molecule has 3 aliphatic heterocycles. The van der Waals surface area contributed by atoms with Gasteiger partial charge in [0.05, 0.1) is 0 Å². The van der Waals surface area contributed by atoms with Crippen molar-refractivity contribution in [2.75, 3.05) is 13.2 Å². The summed E-state index contributed by atoms with van der Waals surface area (Å²) in [6.07, 6.45) is 9.66. The van der Waals surface area contributed by atoms with Crippen molar-refractivity contribution in [3.8, 4) is 0 Å². The van der Waals surface area contributed by atoms with E-state index in [1.807, 2.05) is 12.1 Å². The number of carbonyl (C=O) groups excluding carboxylic acids is 1. The van der Waals surface area contributed by atoms with Crippen molar-refractivity contribution in [1.82, 2.24) is 10.4 Å². The molecular weight excluding hydrogens is 330 g/mol. The molecule has 0 radical (unpaired) electrons. The van der Waals surface area contributed by atoms with E-state index in [1.54, 1.807) is 17.6 Å². The van der Waals surface area contributed by atoms with Gasteiger partial charge in [-0.3, -0.25) is 10.0 Å². The first-order chi connectivity index (χ1) is 12.7. The third-order valence-corrected chi connectivity index (χ3v) is 5.36. The highest BCUT2D eigenvalue weighted by atomic mass is 16.5. The maximum Gasteiger partial charge on any atom is 0.274 e. The van der Waals surface area contributed by atoms with Crippen LogP contribution in [0.1, 0.15) is 35.2 Å². The van der Waals surface area contributed by atoms with Crippen molar-refractivity contribution in [3.05, 3.63) is 59.4 Å². The molecule has 0 aromatic heterocycles. The Labute approximate surface area is 152 Å². The van der Waals surface area contributed by atoms with Gasteiger partial charge >= 0.3 is 0 Å². The molecule has 26 heavy (non-hydrogen) atoms. The lowest BCUT2D eigenvalue weighted by Gasteiger charge is -2.29. The van der Waals surface area contributed by atoms with Crippen molar-refractivity contribution in [2.24, 2.45) is 16.8 Å². The average Bonchev–Trinajstić information content (AvgIpc) is 3.10. The molecule has 1 aromatic rings. The first kappa shape index (κ1) is 17.0. The number of amidine groups is 1. The molecule has 1 atom stereocenters. The van der Waals surface area contributed by atoms with Crippen LogP contribution >= 0.6 is 0 Å². The molecule has 3 aliphatic rings. The summed E-state index contributed by atoms with van der Waals surface area (Å²) < 4.78 is 5.47. The topological polar surface area (TPSA) is 74.2 Å². The fraction of sp³-hybridized carbons (Fsp3) is 0.400. The lowest BCUT2D eigenvalue weighted by molar-refractivity contribution is 0.0706. The van der Waals surface area contributed by atoms with Crippen LogP contribution < -0.4 is 5.48 Å². The van der Waals surface area contributed by atoms with Crippen molar-refractivity contribution in [1.29, 1.82) is 0 Å². The van der Waals surface area contributed by atoms with Gasteiger partial charge in [-0.2, -0.15) is 0 Å². The highest BCUT2D eigenvalue weighted by molar-refractivity contribution is 5.93. The second kappa shape index (κ2) is 7.43. The number of nitrogens with zero attached hydrogens (tertiary/aromatic N) is 2. The van der Waals surface area contributed by atoms with Crippen LogP contribution in [0.5, 0.6) is 0 Å². The van der Waals surface area contributed by atoms with Gasteiger partial charge in [0.15, 0.2) is 0 Å². The first-order valence-corrected chi connectivity index (χ1v) is 9.07. The number of ether oxygens (including phenoxy) is 1. The summed E-state index contributed by atoms with van der Waals surface area (Å²) in [4.78, 5) is 18.3. The Bertz CT molecular complexity index is 761. The van der Waals surface area contributed by atoms with Gasteiger partial charge in [-0.25, -0.2) is 10.5 Å². The highest BCUT2D eigenvalue weighted by Crippen LogP contribution is 2.35. The van der Waals surface area contributed by atoms with E-state index >= 15 is 0 Å². The first-order valence-electron chi connectivity index (χ1n) is 9.07. The molecule has 6 heteroatoms. The highest BCUT2D eigenvalue weighted by Gasteiger charge is 2.30. The number of rotatable bonds is 4. The summed E-state index contributed by atoms with van der Waals surface area (Å²) in [5.74, 6) is 1.57. The Morgan fingerprint density at radius 1 is 1.27 bits per heavy atom. The minimum Gasteiger partial charge on any atom is -0.381 e. The van der Waals surface area contributed by atoms with Crippen LogP contribution in [0.15, 0.2) is 53.3 Å². The maximum atomic E-state index is 11.4. The predicted octanol–water partition coefficient (Wildman–Crippen LogP) is 2.86. The van der Waals surface area contributed by atoms with Crippen LogP contribution in [0.25, 0.3) is 0 Å². The van der Waals surface area contributed by atoms with E-state index < -0.39 is 5.91 Å². The molecule has 1 unspecified atom stereocenters. The summed E-state index contributed by atoms with van der Waals surface area (Å²) >= 11 is 0. The fourth-order valence-electron chi connectivity index (χ4n) is 3.87. The van der Waals surface area contributed by atoms with Crippen molar-refractivity contribution in [2.45, 2.75) is 25.8 Å². The van der Waals surface area contributed by atoms with E-state index in [9.17, 15) is 4.79 Å². The van der Waals surface area contributed by atoms with E-state index in [2.05, 4.69) is 23.4 Å². The van der Waals surface area contributed by atoms with E-state index in [4.69, 9.17) is 14.9 Å². The minimum atomic E-state index is -0.500. The Morgan fingerprint density at radius 2 is 2.04 bits per heavy atom. The molecule has 4 rings (SSSR count). The lowest BCUT2D eigenvalue weighted by atomic mass is 9.85. The maximum absolute atomic E-state index is 11.4. The van der Waals surface area contributed by atoms with Gasteiger partial charge in [0.2, 0.25) is 0 Å². The molecule has 0 spiro atoms. The number of carbonyl (C=O) groups is 1. The molecular formula is C20H23N3O3. The summed E-state index contributed by atoms with van der Waals surface area (Å²) in [5.41, 5.74) is 4.62. The van der Waals surface area contributed by atoms with Gasteiger partial charge in [0.1, 0.15) is 5.84 Å². The van der Waals surface area contributed by atoms with Crippen LogP contribution in [0.2, 0.25) is 0 Å². The smallest absolute Gasteiger partial charge is 0.274 e. The molecule has 1 amide bonds. The normalized spacial score (nSPS) is 22.7. The van der Waals surface area contributed by atoms with Crippen LogP contribution in [0.4, 0.5) is 0 Å². The van der Waals surface area contributed by atoms with Gasteiger partial charge in [0, 0.05) is 43.6 Å². The Kier molecular flexibility index (Phi) is 4.86. The van der Waals surface area contributed by atoms with E-state index in [-0.39, 0.29) is 0 Å². The van der Waals surface area contributed by atoms with Crippen molar-refractivity contribution < 1.29 is 14.7 Å². The zero-order valence-electron chi connectivity index (χ0n) is 14.6. The Hall–Kier alpha value is -2.44. The molecule has 3 heterocycles. The number of hydrogen-bond donors (Lipinski definition) is 2. The molecule has 0 bridgehead atoms. The van der Waals surface area contributed by atoms with Crippen LogP contribution in [-0.4, -0.2) is 35.1 Å². The summed E-state index contributed by atoms with van der Waals surface area (Å²) in [7, 11) is 0. The SMILES string of the molecule is O=C(NO)c1ccc(CN2C=CC3CC(C4CCOCC4)=CN=C32)cc1. The van der Waals surface area contributed by atoms with E-state index in [1.165, 1.54) is 5.57 Å². The van der Waals surface area contributed by atoms with Gasteiger partial charge in [0.25, 0.3) is 5.91 Å². The lowest BCUT2D eigenvalue weighted by Crippen LogP contribution is -2.29. The Balaban J connectivity index is 1.44. The predicted molar refractivity (Wildman–Crippen MR) is 97.5 cm³/mol. The van der Waals surface area contributed by atoms with E-state index in [0.29, 0.717) is 23.9 Å². The second-order valence-electron chi connectivity index (χ2n) is 7.00. The summed E-state index contributed by atoms with van der Waals surface area (Å²) in [6.45, 7) is 2.43. The average molecular weight is 353 g/mol. The number of amides is 1. The number of hydroxylamine groups is 1. The summed E-state index contributed by atoms with van der Waals surface area (Å²) in [5, 5.41) is 8.69. The molecule has 1 saturated heterocycles. The fourth-order valence-corrected chi connectivity index (χ4v) is 3.87. The quantitative estimate of drug-likeness (QED) is 0.645. The minimum absolute atomic E-state index is 0.359. The number of nitrogens with one attached hydrogen (secondary N) is 1. The van der Waals surface area contributed by atoms with Gasteiger partial charge in [-0.1, -0.05) is 18.2 Å². The third kappa shape index (κ3) is 3.43. The van der Waals surface area contributed by atoms with Crippen LogP contribution in [-0.2, 0) is 11.3 Å². The zero-order valence-corrected chi connectivity index (χ0v) is 14.6. The molecule has 6 nitrogen and oxygen atoms in total. The van der Waals surface area contributed by atoms with Crippen molar-refractivity contribution in [3.63, 3.8) is 0 Å². The van der Waals surface area contributed by atoms with Crippen LogP contribution in [0.3, 0.4) is 0 Å². The van der Waals surface area contributed by atoms with E-state index in [0.717, 1.165) is 43.9 Å². The largest absolute Gasteiger partial charge is 0.381 e. The Morgan fingerprint density at radius 3 is 2.77 bits per heavy atom. The second-order valence-corrected chi connectivity index (χ2v) is 7.00. The molecule has 2 N–H and O–H groups in total. The van der Waals surface area contributed by atoms with Gasteiger partial charge < -0.3 is 9.64 Å². The van der Waals surface area contributed by atoms with Crippen LogP contribution in [0, 0.1) is 11.8 Å². The standard InChI is InChI=1S/C20H23N3O3/c24-20(22-25)16-3-1-14(2-4-16)13-23-8-5-17-11-18(12-21-19(17)23)15-6-9-26-10-7-15/h1-5,8,12,15,17,25H,6-7,9-11,13H2,(H,22,24). The monoisotopic (exact) mass is 353 g/mol.